The zero-order chi connectivity index (χ0) is 17.9. The summed E-state index contributed by atoms with van der Waals surface area (Å²) in [4.78, 5) is 2.52. The molecule has 0 spiro atoms. The van der Waals surface area contributed by atoms with E-state index in [-0.39, 0.29) is 5.82 Å². The molecule has 3 aromatic rings. The second kappa shape index (κ2) is 7.42. The van der Waals surface area contributed by atoms with Gasteiger partial charge in [0.15, 0.2) is 0 Å². The van der Waals surface area contributed by atoms with E-state index < -0.39 is 0 Å². The van der Waals surface area contributed by atoms with Gasteiger partial charge in [0.05, 0.1) is 6.20 Å². The van der Waals surface area contributed by atoms with E-state index in [1.807, 2.05) is 12.3 Å². The molecule has 0 saturated carbocycles. The van der Waals surface area contributed by atoms with E-state index in [1.54, 1.807) is 12.1 Å². The molecular weight excluding hydrogens is 325 g/mol. The van der Waals surface area contributed by atoms with Crippen LogP contribution in [0.1, 0.15) is 35.6 Å². The highest BCUT2D eigenvalue weighted by atomic mass is 19.1. The van der Waals surface area contributed by atoms with Crippen LogP contribution in [-0.4, -0.2) is 28.2 Å². The van der Waals surface area contributed by atoms with Gasteiger partial charge in [-0.2, -0.15) is 5.10 Å². The quantitative estimate of drug-likeness (QED) is 0.726. The first-order valence-electron chi connectivity index (χ1n) is 9.26. The van der Waals surface area contributed by atoms with Crippen molar-refractivity contribution in [2.45, 2.75) is 32.2 Å². The summed E-state index contributed by atoms with van der Waals surface area (Å²) in [6, 6.07) is 15.5. The molecule has 2 aromatic carbocycles. The van der Waals surface area contributed by atoms with Gasteiger partial charge in [-0.25, -0.2) is 4.39 Å². The third-order valence-corrected chi connectivity index (χ3v) is 5.29. The van der Waals surface area contributed by atoms with Crippen LogP contribution < -0.4 is 0 Å². The van der Waals surface area contributed by atoms with Crippen LogP contribution in [0.2, 0.25) is 0 Å². The third kappa shape index (κ3) is 3.70. The summed E-state index contributed by atoms with van der Waals surface area (Å²) in [5.74, 6) is 0.243. The fourth-order valence-corrected chi connectivity index (χ4v) is 3.94. The number of nitrogens with one attached hydrogen (secondary N) is 1. The summed E-state index contributed by atoms with van der Waals surface area (Å²) in [6.07, 6.45) is 4.01. The number of rotatable bonds is 4. The molecule has 1 saturated heterocycles. The Bertz CT molecular complexity index is 878. The highest BCUT2D eigenvalue weighted by Gasteiger charge is 2.24. The Morgan fingerprint density at radius 1 is 1.12 bits per heavy atom. The Kier molecular flexibility index (Phi) is 4.85. The van der Waals surface area contributed by atoms with Crippen molar-refractivity contribution < 1.29 is 4.39 Å². The minimum Gasteiger partial charge on any atom is -0.299 e. The Hall–Kier alpha value is -2.46. The van der Waals surface area contributed by atoms with Gasteiger partial charge in [0.25, 0.3) is 0 Å². The number of hydrogen-bond acceptors (Lipinski definition) is 2. The monoisotopic (exact) mass is 349 g/mol. The molecule has 0 amide bonds. The van der Waals surface area contributed by atoms with Crippen LogP contribution in [0.15, 0.2) is 54.7 Å². The second-order valence-electron chi connectivity index (χ2n) is 7.25. The maximum atomic E-state index is 13.6. The van der Waals surface area contributed by atoms with Gasteiger partial charge in [-0.15, -0.1) is 0 Å². The van der Waals surface area contributed by atoms with Gasteiger partial charge in [-0.05, 0) is 56.1 Å². The number of benzene rings is 2. The molecule has 1 fully saturated rings. The summed E-state index contributed by atoms with van der Waals surface area (Å²) >= 11 is 0. The minimum atomic E-state index is -0.206. The standard InChI is InChI=1S/C22H24FN3/c1-16-4-2-5-17(12-16)15-26-10-8-18(9-11-26)22-21(14-24-25-22)19-6-3-7-20(23)13-19/h2-7,12-14,18H,8-11,15H2,1H3,(H,24,25). The van der Waals surface area contributed by atoms with Crippen molar-refractivity contribution >= 4 is 0 Å². The van der Waals surface area contributed by atoms with Crippen molar-refractivity contribution in [3.8, 4) is 11.1 Å². The number of hydrogen-bond donors (Lipinski definition) is 1. The molecule has 0 bridgehead atoms. The highest BCUT2D eigenvalue weighted by molar-refractivity contribution is 5.65. The van der Waals surface area contributed by atoms with E-state index in [0.717, 1.165) is 49.3 Å². The first-order chi connectivity index (χ1) is 12.7. The summed E-state index contributed by atoms with van der Waals surface area (Å²) in [5.41, 5.74) is 5.77. The topological polar surface area (TPSA) is 31.9 Å². The molecule has 0 aliphatic carbocycles. The molecule has 3 nitrogen and oxygen atoms in total. The van der Waals surface area contributed by atoms with E-state index in [9.17, 15) is 4.39 Å². The first kappa shape index (κ1) is 17.0. The molecule has 26 heavy (non-hydrogen) atoms. The van der Waals surface area contributed by atoms with Crippen molar-refractivity contribution in [3.05, 3.63) is 77.4 Å². The highest BCUT2D eigenvalue weighted by Crippen LogP contribution is 2.34. The molecule has 1 N–H and O–H groups in total. The van der Waals surface area contributed by atoms with Gasteiger partial charge in [0.2, 0.25) is 0 Å². The number of halogens is 1. The van der Waals surface area contributed by atoms with Crippen LogP contribution in [0.25, 0.3) is 11.1 Å². The lowest BCUT2D eigenvalue weighted by atomic mass is 9.89. The molecule has 134 valence electrons. The summed E-state index contributed by atoms with van der Waals surface area (Å²) < 4.78 is 13.6. The Morgan fingerprint density at radius 2 is 1.92 bits per heavy atom. The lowest BCUT2D eigenvalue weighted by Crippen LogP contribution is -2.32. The lowest BCUT2D eigenvalue weighted by molar-refractivity contribution is 0.203. The van der Waals surface area contributed by atoms with Crippen molar-refractivity contribution in [1.29, 1.82) is 0 Å². The molecule has 0 unspecified atom stereocenters. The van der Waals surface area contributed by atoms with Crippen molar-refractivity contribution in [2.24, 2.45) is 0 Å². The molecule has 0 radical (unpaired) electrons. The maximum Gasteiger partial charge on any atom is 0.123 e. The SMILES string of the molecule is Cc1cccc(CN2CCC(c3[nH]ncc3-c3cccc(F)c3)CC2)c1. The first-order valence-corrected chi connectivity index (χ1v) is 9.26. The fraction of sp³-hybridized carbons (Fsp3) is 0.318. The Morgan fingerprint density at radius 3 is 2.69 bits per heavy atom. The van der Waals surface area contributed by atoms with Crippen LogP contribution in [-0.2, 0) is 6.54 Å². The third-order valence-electron chi connectivity index (χ3n) is 5.29. The minimum absolute atomic E-state index is 0.206. The van der Waals surface area contributed by atoms with Crippen molar-refractivity contribution in [2.75, 3.05) is 13.1 Å². The fourth-order valence-electron chi connectivity index (χ4n) is 3.94. The lowest BCUT2D eigenvalue weighted by Gasteiger charge is -2.32. The summed E-state index contributed by atoms with van der Waals surface area (Å²) in [7, 11) is 0. The van der Waals surface area contributed by atoms with E-state index in [0.29, 0.717) is 5.92 Å². The number of aromatic nitrogens is 2. The Balaban J connectivity index is 1.43. The molecule has 1 aromatic heterocycles. The number of H-pyrrole nitrogens is 1. The van der Waals surface area contributed by atoms with Gasteiger partial charge in [-0.1, -0.05) is 42.0 Å². The number of aromatic amines is 1. The average Bonchev–Trinajstić information content (AvgIpc) is 3.12. The van der Waals surface area contributed by atoms with Gasteiger partial charge < -0.3 is 0 Å². The molecule has 2 heterocycles. The largest absolute Gasteiger partial charge is 0.299 e. The molecule has 1 aliphatic rings. The summed E-state index contributed by atoms with van der Waals surface area (Å²) in [5, 5.41) is 7.41. The van der Waals surface area contributed by atoms with E-state index in [2.05, 4.69) is 46.3 Å². The predicted octanol–water partition coefficient (Wildman–Crippen LogP) is 4.90. The molecule has 0 atom stereocenters. The van der Waals surface area contributed by atoms with Crippen LogP contribution in [0, 0.1) is 12.7 Å². The van der Waals surface area contributed by atoms with Crippen LogP contribution in [0.4, 0.5) is 4.39 Å². The van der Waals surface area contributed by atoms with Crippen LogP contribution in [0.3, 0.4) is 0 Å². The van der Waals surface area contributed by atoms with Gasteiger partial charge in [0, 0.05) is 23.7 Å². The van der Waals surface area contributed by atoms with Crippen molar-refractivity contribution in [1.82, 2.24) is 15.1 Å². The summed E-state index contributed by atoms with van der Waals surface area (Å²) in [6.45, 7) is 5.29. The van der Waals surface area contributed by atoms with Gasteiger partial charge in [-0.3, -0.25) is 10.00 Å². The molecule has 4 heteroatoms. The number of piperidine rings is 1. The number of aryl methyl sites for hydroxylation is 1. The van der Waals surface area contributed by atoms with E-state index >= 15 is 0 Å². The molecule has 4 rings (SSSR count). The van der Waals surface area contributed by atoms with E-state index in [1.165, 1.54) is 17.2 Å². The molecular formula is C22H24FN3. The maximum absolute atomic E-state index is 13.6. The molecule has 1 aliphatic heterocycles. The Labute approximate surface area is 153 Å². The second-order valence-corrected chi connectivity index (χ2v) is 7.25. The predicted molar refractivity (Wildman–Crippen MR) is 102 cm³/mol. The van der Waals surface area contributed by atoms with Crippen LogP contribution in [0.5, 0.6) is 0 Å². The number of nitrogens with zero attached hydrogens (tertiary/aromatic N) is 2. The van der Waals surface area contributed by atoms with Crippen LogP contribution >= 0.6 is 0 Å². The smallest absolute Gasteiger partial charge is 0.123 e. The van der Waals surface area contributed by atoms with E-state index in [4.69, 9.17) is 0 Å². The van der Waals surface area contributed by atoms with Gasteiger partial charge >= 0.3 is 0 Å². The normalized spacial score (nSPS) is 16.1. The zero-order valence-electron chi connectivity index (χ0n) is 15.1. The average molecular weight is 349 g/mol. The van der Waals surface area contributed by atoms with Crippen molar-refractivity contribution in [3.63, 3.8) is 0 Å². The van der Waals surface area contributed by atoms with Gasteiger partial charge in [0.1, 0.15) is 5.82 Å². The zero-order valence-corrected chi connectivity index (χ0v) is 15.1. The number of likely N-dealkylation sites (tertiary alicyclic amines) is 1.